The maximum atomic E-state index is 12.4. The summed E-state index contributed by atoms with van der Waals surface area (Å²) >= 11 is 0. The maximum Gasteiger partial charge on any atom is 0.222 e. The highest BCUT2D eigenvalue weighted by Gasteiger charge is 2.19. The standard InChI is InChI=1S/C18H28N4O.HI/c1-14(2)21-18(19-3)20-11-6-9-17(23)22-12-10-15-7-4-5-8-16(15)13-22;/h4-5,7-8,14H,6,9-13H2,1-3H3,(H2,19,20,21);1H. The average Bonchev–Trinajstić information content (AvgIpc) is 2.56. The molecule has 1 aliphatic rings. The molecule has 24 heavy (non-hydrogen) atoms. The number of rotatable bonds is 5. The molecule has 1 aromatic carbocycles. The highest BCUT2D eigenvalue weighted by atomic mass is 127. The van der Waals surface area contributed by atoms with Crippen molar-refractivity contribution in [3.8, 4) is 0 Å². The van der Waals surface area contributed by atoms with Gasteiger partial charge >= 0.3 is 0 Å². The fraction of sp³-hybridized carbons (Fsp3) is 0.556. The zero-order chi connectivity index (χ0) is 16.7. The molecule has 0 aromatic heterocycles. The first-order chi connectivity index (χ1) is 11.1. The molecule has 0 saturated carbocycles. The van der Waals surface area contributed by atoms with Crippen LogP contribution in [0.15, 0.2) is 29.3 Å². The van der Waals surface area contributed by atoms with Crippen LogP contribution in [0.3, 0.4) is 0 Å². The Bertz CT molecular complexity index is 560. The van der Waals surface area contributed by atoms with E-state index in [0.717, 1.165) is 38.4 Å². The summed E-state index contributed by atoms with van der Waals surface area (Å²) < 4.78 is 0. The molecule has 1 aromatic rings. The number of aliphatic imine (C=N–C) groups is 1. The molecule has 0 saturated heterocycles. The molecule has 5 nitrogen and oxygen atoms in total. The monoisotopic (exact) mass is 444 g/mol. The SMILES string of the molecule is CN=C(NCCCC(=O)N1CCc2ccccc2C1)NC(C)C.I. The van der Waals surface area contributed by atoms with Crippen molar-refractivity contribution in [3.05, 3.63) is 35.4 Å². The quantitative estimate of drug-likeness (QED) is 0.318. The number of amides is 1. The first-order valence-electron chi connectivity index (χ1n) is 8.42. The summed E-state index contributed by atoms with van der Waals surface area (Å²) in [7, 11) is 1.76. The maximum absolute atomic E-state index is 12.4. The van der Waals surface area contributed by atoms with Gasteiger partial charge in [0.25, 0.3) is 0 Å². The number of hydrogen-bond acceptors (Lipinski definition) is 2. The van der Waals surface area contributed by atoms with Crippen LogP contribution in [-0.2, 0) is 17.8 Å². The summed E-state index contributed by atoms with van der Waals surface area (Å²) in [5.41, 5.74) is 2.66. The van der Waals surface area contributed by atoms with Crippen molar-refractivity contribution >= 4 is 35.8 Å². The second-order valence-corrected chi connectivity index (χ2v) is 6.24. The molecule has 2 rings (SSSR count). The van der Waals surface area contributed by atoms with E-state index < -0.39 is 0 Å². The van der Waals surface area contributed by atoms with Gasteiger partial charge in [-0.3, -0.25) is 9.79 Å². The van der Waals surface area contributed by atoms with Crippen molar-refractivity contribution in [2.45, 2.75) is 45.7 Å². The molecule has 134 valence electrons. The van der Waals surface area contributed by atoms with Gasteiger partial charge in [-0.15, -0.1) is 24.0 Å². The van der Waals surface area contributed by atoms with Crippen LogP contribution in [0.4, 0.5) is 0 Å². The number of nitrogens with one attached hydrogen (secondary N) is 2. The van der Waals surface area contributed by atoms with Gasteiger partial charge in [0, 0.05) is 39.1 Å². The molecular weight excluding hydrogens is 415 g/mol. The van der Waals surface area contributed by atoms with Gasteiger partial charge in [0.2, 0.25) is 5.91 Å². The Balaban J connectivity index is 0.00000288. The Labute approximate surface area is 162 Å². The van der Waals surface area contributed by atoms with Crippen molar-refractivity contribution in [3.63, 3.8) is 0 Å². The molecular formula is C18H29IN4O. The molecule has 0 fully saturated rings. The molecule has 0 unspecified atom stereocenters. The lowest BCUT2D eigenvalue weighted by atomic mass is 9.99. The zero-order valence-electron chi connectivity index (χ0n) is 14.8. The molecule has 1 amide bonds. The van der Waals surface area contributed by atoms with Crippen molar-refractivity contribution in [2.24, 2.45) is 4.99 Å². The van der Waals surface area contributed by atoms with E-state index in [-0.39, 0.29) is 29.9 Å². The van der Waals surface area contributed by atoms with E-state index in [1.807, 2.05) is 11.0 Å². The van der Waals surface area contributed by atoms with E-state index in [0.29, 0.717) is 12.5 Å². The van der Waals surface area contributed by atoms with Gasteiger partial charge in [0.1, 0.15) is 0 Å². The number of nitrogens with zero attached hydrogens (tertiary/aromatic N) is 2. The molecule has 0 spiro atoms. The predicted molar refractivity (Wildman–Crippen MR) is 110 cm³/mol. The number of guanidine groups is 1. The highest BCUT2D eigenvalue weighted by Crippen LogP contribution is 2.19. The fourth-order valence-corrected chi connectivity index (χ4v) is 2.78. The first-order valence-corrected chi connectivity index (χ1v) is 8.42. The van der Waals surface area contributed by atoms with Crippen LogP contribution >= 0.6 is 24.0 Å². The van der Waals surface area contributed by atoms with E-state index in [1.165, 1.54) is 11.1 Å². The number of benzene rings is 1. The van der Waals surface area contributed by atoms with Crippen LogP contribution in [0.25, 0.3) is 0 Å². The van der Waals surface area contributed by atoms with Crippen molar-refractivity contribution < 1.29 is 4.79 Å². The van der Waals surface area contributed by atoms with Crippen molar-refractivity contribution in [1.82, 2.24) is 15.5 Å². The van der Waals surface area contributed by atoms with Crippen LogP contribution in [0.1, 0.15) is 37.8 Å². The summed E-state index contributed by atoms with van der Waals surface area (Å²) in [5, 5.41) is 6.48. The Morgan fingerprint density at radius 2 is 2.00 bits per heavy atom. The third-order valence-corrected chi connectivity index (χ3v) is 3.99. The summed E-state index contributed by atoms with van der Waals surface area (Å²) in [4.78, 5) is 18.5. The van der Waals surface area contributed by atoms with Gasteiger partial charge in [-0.25, -0.2) is 0 Å². The van der Waals surface area contributed by atoms with Gasteiger partial charge in [0.15, 0.2) is 5.96 Å². The molecule has 2 N–H and O–H groups in total. The molecule has 1 aliphatic heterocycles. The Morgan fingerprint density at radius 3 is 2.67 bits per heavy atom. The normalized spacial score (nSPS) is 14.0. The zero-order valence-corrected chi connectivity index (χ0v) is 17.2. The second-order valence-electron chi connectivity index (χ2n) is 6.24. The van der Waals surface area contributed by atoms with Gasteiger partial charge in [-0.1, -0.05) is 24.3 Å². The lowest BCUT2D eigenvalue weighted by molar-refractivity contribution is -0.132. The van der Waals surface area contributed by atoms with E-state index in [4.69, 9.17) is 0 Å². The van der Waals surface area contributed by atoms with Gasteiger partial charge < -0.3 is 15.5 Å². The lowest BCUT2D eigenvalue weighted by Gasteiger charge is -2.29. The van der Waals surface area contributed by atoms with Crippen molar-refractivity contribution in [2.75, 3.05) is 20.1 Å². The second kappa shape index (κ2) is 10.5. The van der Waals surface area contributed by atoms with Crippen LogP contribution in [0.2, 0.25) is 0 Å². The van der Waals surface area contributed by atoms with E-state index >= 15 is 0 Å². The third-order valence-electron chi connectivity index (χ3n) is 3.99. The summed E-state index contributed by atoms with van der Waals surface area (Å²) in [5.74, 6) is 1.03. The average molecular weight is 444 g/mol. The number of fused-ring (bicyclic) bond motifs is 1. The topological polar surface area (TPSA) is 56.7 Å². The van der Waals surface area contributed by atoms with Crippen LogP contribution < -0.4 is 10.6 Å². The minimum Gasteiger partial charge on any atom is -0.356 e. The Morgan fingerprint density at radius 1 is 1.29 bits per heavy atom. The lowest BCUT2D eigenvalue weighted by Crippen LogP contribution is -2.41. The molecule has 1 heterocycles. The summed E-state index contributed by atoms with van der Waals surface area (Å²) in [6, 6.07) is 8.74. The van der Waals surface area contributed by atoms with Crippen molar-refractivity contribution in [1.29, 1.82) is 0 Å². The van der Waals surface area contributed by atoms with Gasteiger partial charge in [-0.05, 0) is 37.8 Å². The molecule has 0 aliphatic carbocycles. The molecule has 0 atom stereocenters. The molecule has 6 heteroatoms. The predicted octanol–water partition coefficient (Wildman–Crippen LogP) is 2.54. The highest BCUT2D eigenvalue weighted by molar-refractivity contribution is 14.0. The number of carbonyl (C=O) groups excluding carboxylic acids is 1. The minimum absolute atomic E-state index is 0. The Hall–Kier alpha value is -1.31. The van der Waals surface area contributed by atoms with Crippen LogP contribution in [-0.4, -0.2) is 42.9 Å². The number of hydrogen-bond donors (Lipinski definition) is 2. The van der Waals surface area contributed by atoms with E-state index in [1.54, 1.807) is 7.05 Å². The van der Waals surface area contributed by atoms with Crippen LogP contribution in [0.5, 0.6) is 0 Å². The van der Waals surface area contributed by atoms with E-state index in [2.05, 4.69) is 47.7 Å². The van der Waals surface area contributed by atoms with Gasteiger partial charge in [-0.2, -0.15) is 0 Å². The smallest absolute Gasteiger partial charge is 0.222 e. The molecule has 0 bridgehead atoms. The third kappa shape index (κ3) is 6.30. The number of carbonyl (C=O) groups is 1. The van der Waals surface area contributed by atoms with Crippen LogP contribution in [0, 0.1) is 0 Å². The first kappa shape index (κ1) is 20.7. The fourth-order valence-electron chi connectivity index (χ4n) is 2.78. The number of halogens is 1. The van der Waals surface area contributed by atoms with E-state index in [9.17, 15) is 4.79 Å². The largest absolute Gasteiger partial charge is 0.356 e. The summed E-state index contributed by atoms with van der Waals surface area (Å²) in [6.45, 7) is 6.48. The molecule has 0 radical (unpaired) electrons. The summed E-state index contributed by atoms with van der Waals surface area (Å²) in [6.07, 6.45) is 2.36. The van der Waals surface area contributed by atoms with Gasteiger partial charge in [0.05, 0.1) is 0 Å². The Kier molecular flexibility index (Phi) is 9.10. The minimum atomic E-state index is 0.